The quantitative estimate of drug-likeness (QED) is 0.157. The second kappa shape index (κ2) is 17.8. The molecule has 2 rings (SSSR count). The first-order valence-electron chi connectivity index (χ1n) is 13.4. The minimum atomic E-state index is -1.09. The first kappa shape index (κ1) is 31.6. The van der Waals surface area contributed by atoms with E-state index in [9.17, 15) is 28.8 Å². The van der Waals surface area contributed by atoms with E-state index in [0.29, 0.717) is 50.4 Å². The number of rotatable bonds is 19. The maximum absolute atomic E-state index is 12.6. The van der Waals surface area contributed by atoms with E-state index in [1.54, 1.807) is 0 Å². The van der Waals surface area contributed by atoms with E-state index in [0.717, 1.165) is 18.4 Å². The third-order valence-corrected chi connectivity index (χ3v) is 6.01. The van der Waals surface area contributed by atoms with Crippen LogP contribution in [-0.4, -0.2) is 66.9 Å². The molecular weight excluding hydrogens is 508 g/mol. The van der Waals surface area contributed by atoms with Crippen molar-refractivity contribution in [3.63, 3.8) is 0 Å². The van der Waals surface area contributed by atoms with E-state index in [4.69, 9.17) is 9.47 Å². The van der Waals surface area contributed by atoms with Crippen LogP contribution < -0.4 is 5.32 Å². The Bertz CT molecular complexity index is 965. The third kappa shape index (κ3) is 13.2. The Morgan fingerprint density at radius 2 is 1.54 bits per heavy atom. The van der Waals surface area contributed by atoms with Gasteiger partial charge >= 0.3 is 6.16 Å². The van der Waals surface area contributed by atoms with Crippen molar-refractivity contribution in [2.24, 2.45) is 5.92 Å². The number of ether oxygens (including phenoxy) is 2. The van der Waals surface area contributed by atoms with Crippen LogP contribution in [0, 0.1) is 5.92 Å². The molecule has 1 aliphatic heterocycles. The maximum Gasteiger partial charge on any atom is 0.533 e. The Hall–Kier alpha value is -3.60. The number of nitrogens with zero attached hydrogens (tertiary/aromatic N) is 1. The number of hydrogen-bond acceptors (Lipinski definition) is 9. The standard InChI is InChI=1S/C28H38N2O9/c1-21(31)18-23(19-22-10-4-2-5-11-22)27(35)29-20-24(32)12-6-3-7-15-37-16-8-9-17-38-28(36)39-30-25(33)13-14-26(30)34/h2,4-5,10-11,23H,3,6-9,12-20H2,1H3,(H,29,35). The lowest BCUT2D eigenvalue weighted by Crippen LogP contribution is -2.36. The number of hydrogen-bond donors (Lipinski definition) is 1. The molecule has 11 heteroatoms. The molecular formula is C28H38N2O9. The Kier molecular flexibility index (Phi) is 14.5. The molecule has 1 saturated heterocycles. The van der Waals surface area contributed by atoms with Crippen LogP contribution in [-0.2, 0) is 44.7 Å². The first-order valence-corrected chi connectivity index (χ1v) is 13.4. The van der Waals surface area contributed by atoms with Gasteiger partial charge in [0.05, 0.1) is 13.2 Å². The van der Waals surface area contributed by atoms with Gasteiger partial charge < -0.3 is 19.6 Å². The zero-order valence-electron chi connectivity index (χ0n) is 22.5. The molecule has 1 N–H and O–H groups in total. The average molecular weight is 547 g/mol. The molecule has 1 aromatic carbocycles. The van der Waals surface area contributed by atoms with Crippen molar-refractivity contribution in [2.45, 2.75) is 71.1 Å². The molecule has 1 atom stereocenters. The predicted molar refractivity (Wildman–Crippen MR) is 139 cm³/mol. The van der Waals surface area contributed by atoms with Gasteiger partial charge in [-0.05, 0) is 44.6 Å². The molecule has 1 fully saturated rings. The lowest BCUT2D eigenvalue weighted by atomic mass is 9.93. The number of ketones is 2. The van der Waals surface area contributed by atoms with Crippen LogP contribution >= 0.6 is 0 Å². The highest BCUT2D eigenvalue weighted by Gasteiger charge is 2.33. The summed E-state index contributed by atoms with van der Waals surface area (Å²) in [5.74, 6) is -2.02. The molecule has 3 amide bonds. The summed E-state index contributed by atoms with van der Waals surface area (Å²) in [7, 11) is 0. The minimum absolute atomic E-state index is 0.0249. The highest BCUT2D eigenvalue weighted by atomic mass is 16.8. The number of carbonyl (C=O) groups is 6. The summed E-state index contributed by atoms with van der Waals surface area (Å²) < 4.78 is 10.4. The molecule has 1 aromatic rings. The van der Waals surface area contributed by atoms with Crippen molar-refractivity contribution in [3.8, 4) is 0 Å². The molecule has 0 radical (unpaired) electrons. The van der Waals surface area contributed by atoms with Crippen LogP contribution in [0.1, 0.15) is 70.3 Å². The van der Waals surface area contributed by atoms with Crippen molar-refractivity contribution in [1.82, 2.24) is 10.4 Å². The van der Waals surface area contributed by atoms with Crippen molar-refractivity contribution >= 4 is 35.4 Å². The Morgan fingerprint density at radius 1 is 0.897 bits per heavy atom. The van der Waals surface area contributed by atoms with E-state index in [1.807, 2.05) is 30.3 Å². The number of benzene rings is 1. The van der Waals surface area contributed by atoms with Gasteiger partial charge in [0.1, 0.15) is 5.78 Å². The number of amides is 3. The van der Waals surface area contributed by atoms with Crippen molar-refractivity contribution < 1.29 is 43.1 Å². The topological polar surface area (TPSA) is 145 Å². The Morgan fingerprint density at radius 3 is 2.21 bits per heavy atom. The fourth-order valence-electron chi connectivity index (χ4n) is 3.95. The number of nitrogens with one attached hydrogen (secondary N) is 1. The number of hydroxylamine groups is 2. The highest BCUT2D eigenvalue weighted by molar-refractivity contribution is 6.01. The number of Topliss-reactive ketones (excluding diaryl/α,β-unsaturated/α-hetero) is 2. The molecule has 39 heavy (non-hydrogen) atoms. The van der Waals surface area contributed by atoms with Crippen LogP contribution in [0.2, 0.25) is 0 Å². The van der Waals surface area contributed by atoms with Crippen molar-refractivity contribution in [2.75, 3.05) is 26.4 Å². The van der Waals surface area contributed by atoms with E-state index >= 15 is 0 Å². The molecule has 1 heterocycles. The van der Waals surface area contributed by atoms with Gasteiger partial charge in [-0.15, -0.1) is 0 Å². The van der Waals surface area contributed by atoms with Gasteiger partial charge in [-0.1, -0.05) is 41.8 Å². The number of unbranched alkanes of at least 4 members (excludes halogenated alkanes) is 3. The summed E-state index contributed by atoms with van der Waals surface area (Å²) in [6.07, 6.45) is 3.39. The lowest BCUT2D eigenvalue weighted by molar-refractivity contribution is -0.177. The van der Waals surface area contributed by atoms with Crippen LogP contribution in [0.15, 0.2) is 30.3 Å². The van der Waals surface area contributed by atoms with Gasteiger partial charge in [-0.2, -0.15) is 0 Å². The smallest absolute Gasteiger partial charge is 0.433 e. The number of imide groups is 1. The van der Waals surface area contributed by atoms with E-state index in [1.165, 1.54) is 6.92 Å². The average Bonchev–Trinajstić information content (AvgIpc) is 3.22. The first-order chi connectivity index (χ1) is 18.8. The minimum Gasteiger partial charge on any atom is -0.433 e. The normalized spacial score (nSPS) is 13.7. The van der Waals surface area contributed by atoms with Crippen LogP contribution in [0.5, 0.6) is 0 Å². The fraction of sp³-hybridized carbons (Fsp3) is 0.571. The second-order valence-electron chi connectivity index (χ2n) is 9.45. The fourth-order valence-corrected chi connectivity index (χ4v) is 3.95. The number of carbonyl (C=O) groups excluding carboxylic acids is 6. The molecule has 0 saturated carbocycles. The molecule has 0 aliphatic carbocycles. The molecule has 1 unspecified atom stereocenters. The summed E-state index contributed by atoms with van der Waals surface area (Å²) in [5, 5.41) is 3.12. The molecule has 1 aliphatic rings. The van der Waals surface area contributed by atoms with Crippen molar-refractivity contribution in [3.05, 3.63) is 35.9 Å². The summed E-state index contributed by atoms with van der Waals surface area (Å²) in [6, 6.07) is 9.48. The molecule has 214 valence electrons. The van der Waals surface area contributed by atoms with E-state index in [-0.39, 0.29) is 49.9 Å². The van der Waals surface area contributed by atoms with Crippen LogP contribution in [0.3, 0.4) is 0 Å². The van der Waals surface area contributed by atoms with Gasteiger partial charge in [-0.3, -0.25) is 24.0 Å². The predicted octanol–water partition coefficient (Wildman–Crippen LogP) is 3.08. The summed E-state index contributed by atoms with van der Waals surface area (Å²) >= 11 is 0. The third-order valence-electron chi connectivity index (χ3n) is 6.01. The monoisotopic (exact) mass is 546 g/mol. The molecule has 0 bridgehead atoms. The zero-order valence-corrected chi connectivity index (χ0v) is 22.5. The van der Waals surface area contributed by atoms with Crippen LogP contribution in [0.4, 0.5) is 4.79 Å². The molecule has 11 nitrogen and oxygen atoms in total. The largest absolute Gasteiger partial charge is 0.533 e. The summed E-state index contributed by atoms with van der Waals surface area (Å²) in [5.41, 5.74) is 0.968. The van der Waals surface area contributed by atoms with Gasteiger partial charge in [-0.25, -0.2) is 4.79 Å². The van der Waals surface area contributed by atoms with Gasteiger partial charge in [0.2, 0.25) is 5.91 Å². The highest BCUT2D eigenvalue weighted by Crippen LogP contribution is 2.14. The van der Waals surface area contributed by atoms with Gasteiger partial charge in [0.25, 0.3) is 11.8 Å². The van der Waals surface area contributed by atoms with Crippen LogP contribution in [0.25, 0.3) is 0 Å². The summed E-state index contributed by atoms with van der Waals surface area (Å²) in [4.78, 5) is 75.2. The Labute approximate surface area is 228 Å². The second-order valence-corrected chi connectivity index (χ2v) is 9.45. The zero-order chi connectivity index (χ0) is 28.5. The molecule has 0 aromatic heterocycles. The SMILES string of the molecule is CC(=O)CC(Cc1ccccc1)C(=O)NCC(=O)CCCCCOCCCCOC(=O)ON1C(=O)CCC1=O. The lowest BCUT2D eigenvalue weighted by Gasteiger charge is -2.15. The van der Waals surface area contributed by atoms with E-state index < -0.39 is 23.9 Å². The summed E-state index contributed by atoms with van der Waals surface area (Å²) in [6.45, 7) is 2.52. The van der Waals surface area contributed by atoms with Gasteiger partial charge in [0, 0.05) is 44.8 Å². The maximum atomic E-state index is 12.6. The van der Waals surface area contributed by atoms with Crippen molar-refractivity contribution in [1.29, 1.82) is 0 Å². The van der Waals surface area contributed by atoms with E-state index in [2.05, 4.69) is 10.2 Å². The Balaban J connectivity index is 1.45. The van der Waals surface area contributed by atoms with Gasteiger partial charge in [0.15, 0.2) is 5.78 Å². The molecule has 0 spiro atoms.